The van der Waals surface area contributed by atoms with Crippen LogP contribution in [0.15, 0.2) is 36.4 Å². The lowest BCUT2D eigenvalue weighted by molar-refractivity contribution is 0.0526. The number of benzene rings is 3. The first-order chi connectivity index (χ1) is 12.1. The smallest absolute Gasteiger partial charge is 0.339 e. The second kappa shape index (κ2) is 5.48. The maximum Gasteiger partial charge on any atom is 0.339 e. The Labute approximate surface area is 144 Å². The van der Waals surface area contributed by atoms with E-state index in [1.807, 2.05) is 36.4 Å². The summed E-state index contributed by atoms with van der Waals surface area (Å²) in [5.74, 6) is -0.00946. The molecule has 3 aromatic carbocycles. The minimum Gasteiger partial charge on any atom is -0.496 e. The van der Waals surface area contributed by atoms with Crippen LogP contribution in [0.4, 0.5) is 5.69 Å². The molecule has 1 aliphatic heterocycles. The van der Waals surface area contributed by atoms with Crippen molar-refractivity contribution in [3.05, 3.63) is 47.5 Å². The lowest BCUT2D eigenvalue weighted by atomic mass is 9.91. The molecule has 4 rings (SSSR count). The van der Waals surface area contributed by atoms with Gasteiger partial charge in [0.2, 0.25) is 0 Å². The molecular formula is C20H17NO4. The summed E-state index contributed by atoms with van der Waals surface area (Å²) in [6, 6.07) is 11.2. The number of rotatable bonds is 3. The summed E-state index contributed by atoms with van der Waals surface area (Å²) in [5, 5.41) is 3.15. The summed E-state index contributed by atoms with van der Waals surface area (Å²) in [7, 11) is 3.31. The van der Waals surface area contributed by atoms with Crippen LogP contribution in [0.1, 0.15) is 27.6 Å². The Morgan fingerprint density at radius 3 is 2.48 bits per heavy atom. The Morgan fingerprint density at radius 2 is 1.80 bits per heavy atom. The van der Waals surface area contributed by atoms with E-state index in [1.54, 1.807) is 26.0 Å². The van der Waals surface area contributed by atoms with Gasteiger partial charge in [-0.25, -0.2) is 4.79 Å². The fraction of sp³-hybridized carbons (Fsp3) is 0.200. The number of carbonyl (C=O) groups is 2. The third-order valence-corrected chi connectivity index (χ3v) is 4.69. The SMILES string of the molecule is CCOC(=O)c1c2c3c(ccc(OC)c3c3ccccc13)N(C)C2=O. The lowest BCUT2D eigenvalue weighted by Gasteiger charge is -2.14. The van der Waals surface area contributed by atoms with Crippen LogP contribution in [-0.4, -0.2) is 32.6 Å². The van der Waals surface area contributed by atoms with Crippen molar-refractivity contribution >= 4 is 39.1 Å². The number of hydrogen-bond donors (Lipinski definition) is 0. The van der Waals surface area contributed by atoms with Gasteiger partial charge in [0.25, 0.3) is 5.91 Å². The van der Waals surface area contributed by atoms with Gasteiger partial charge in [-0.15, -0.1) is 0 Å². The molecule has 0 N–H and O–H groups in total. The number of nitrogens with zero attached hydrogens (tertiary/aromatic N) is 1. The molecule has 0 aromatic heterocycles. The van der Waals surface area contributed by atoms with E-state index in [0.29, 0.717) is 22.3 Å². The van der Waals surface area contributed by atoms with Gasteiger partial charge < -0.3 is 14.4 Å². The topological polar surface area (TPSA) is 55.8 Å². The Morgan fingerprint density at radius 1 is 1.08 bits per heavy atom. The highest BCUT2D eigenvalue weighted by molar-refractivity contribution is 6.35. The van der Waals surface area contributed by atoms with Crippen molar-refractivity contribution < 1.29 is 19.1 Å². The Balaban J connectivity index is 2.28. The predicted octanol–water partition coefficient (Wildman–Crippen LogP) is 3.77. The molecule has 0 aliphatic carbocycles. The number of methoxy groups -OCH3 is 1. The maximum absolute atomic E-state index is 12.9. The molecule has 5 heteroatoms. The van der Waals surface area contributed by atoms with Gasteiger partial charge in [-0.3, -0.25) is 4.79 Å². The van der Waals surface area contributed by atoms with Crippen LogP contribution in [-0.2, 0) is 4.74 Å². The van der Waals surface area contributed by atoms with Crippen LogP contribution in [0.2, 0.25) is 0 Å². The largest absolute Gasteiger partial charge is 0.496 e. The fourth-order valence-corrected chi connectivity index (χ4v) is 3.63. The summed E-state index contributed by atoms with van der Waals surface area (Å²) >= 11 is 0. The molecule has 1 amide bonds. The molecule has 5 nitrogen and oxygen atoms in total. The van der Waals surface area contributed by atoms with Gasteiger partial charge in [-0.1, -0.05) is 24.3 Å². The molecule has 1 aliphatic rings. The highest BCUT2D eigenvalue weighted by Crippen LogP contribution is 2.46. The normalized spacial score (nSPS) is 12.9. The van der Waals surface area contributed by atoms with Crippen LogP contribution in [0.5, 0.6) is 5.75 Å². The molecule has 0 fully saturated rings. The first-order valence-corrected chi connectivity index (χ1v) is 8.10. The summed E-state index contributed by atoms with van der Waals surface area (Å²) in [6.45, 7) is 2.00. The minimum absolute atomic E-state index is 0.206. The van der Waals surface area contributed by atoms with Crippen molar-refractivity contribution in [2.24, 2.45) is 0 Å². The van der Waals surface area contributed by atoms with E-state index in [2.05, 4.69) is 0 Å². The summed E-state index contributed by atoms with van der Waals surface area (Å²) in [5.41, 5.74) is 1.49. The molecule has 0 spiro atoms. The van der Waals surface area contributed by atoms with Gasteiger partial charge in [-0.2, -0.15) is 0 Å². The van der Waals surface area contributed by atoms with E-state index in [4.69, 9.17) is 9.47 Å². The zero-order valence-electron chi connectivity index (χ0n) is 14.3. The predicted molar refractivity (Wildman–Crippen MR) is 96.7 cm³/mol. The fourth-order valence-electron chi connectivity index (χ4n) is 3.63. The number of amides is 1. The average Bonchev–Trinajstić information content (AvgIpc) is 2.88. The molecular weight excluding hydrogens is 318 g/mol. The molecule has 3 aromatic rings. The van der Waals surface area contributed by atoms with Crippen molar-refractivity contribution in [1.82, 2.24) is 0 Å². The molecule has 1 heterocycles. The molecule has 0 atom stereocenters. The van der Waals surface area contributed by atoms with Crippen LogP contribution in [0.25, 0.3) is 21.5 Å². The van der Waals surface area contributed by atoms with Crippen LogP contribution < -0.4 is 9.64 Å². The average molecular weight is 335 g/mol. The number of ether oxygens (including phenoxy) is 2. The van der Waals surface area contributed by atoms with E-state index >= 15 is 0 Å². The van der Waals surface area contributed by atoms with E-state index in [-0.39, 0.29) is 12.5 Å². The summed E-state index contributed by atoms with van der Waals surface area (Å²) in [4.78, 5) is 27.2. The van der Waals surface area contributed by atoms with Gasteiger partial charge in [-0.05, 0) is 29.8 Å². The number of carbonyl (C=O) groups excluding carboxylic acids is 2. The van der Waals surface area contributed by atoms with E-state index in [0.717, 1.165) is 21.8 Å². The molecule has 25 heavy (non-hydrogen) atoms. The molecule has 0 saturated heterocycles. The van der Waals surface area contributed by atoms with Crippen molar-refractivity contribution in [2.45, 2.75) is 6.92 Å². The highest BCUT2D eigenvalue weighted by Gasteiger charge is 2.35. The van der Waals surface area contributed by atoms with E-state index in [1.165, 1.54) is 0 Å². The first-order valence-electron chi connectivity index (χ1n) is 8.10. The number of hydrogen-bond acceptors (Lipinski definition) is 4. The van der Waals surface area contributed by atoms with Gasteiger partial charge in [0.15, 0.2) is 0 Å². The van der Waals surface area contributed by atoms with Gasteiger partial charge >= 0.3 is 5.97 Å². The minimum atomic E-state index is -0.479. The van der Waals surface area contributed by atoms with Crippen molar-refractivity contribution in [1.29, 1.82) is 0 Å². The van der Waals surface area contributed by atoms with Crippen molar-refractivity contribution in [3.8, 4) is 5.75 Å². The third-order valence-electron chi connectivity index (χ3n) is 4.69. The lowest BCUT2D eigenvalue weighted by Crippen LogP contribution is -2.23. The Bertz CT molecular complexity index is 1050. The van der Waals surface area contributed by atoms with Gasteiger partial charge in [0.1, 0.15) is 5.75 Å². The number of esters is 1. The first kappa shape index (κ1) is 15.4. The second-order valence-corrected chi connectivity index (χ2v) is 5.92. The van der Waals surface area contributed by atoms with Crippen LogP contribution in [0.3, 0.4) is 0 Å². The quantitative estimate of drug-likeness (QED) is 0.540. The zero-order valence-corrected chi connectivity index (χ0v) is 14.3. The molecule has 0 saturated carbocycles. The Hall–Kier alpha value is -3.08. The van der Waals surface area contributed by atoms with Gasteiger partial charge in [0, 0.05) is 17.8 Å². The van der Waals surface area contributed by atoms with E-state index in [9.17, 15) is 9.59 Å². The standard InChI is InChI=1S/C20H17NO4/c1-4-25-20(23)16-12-8-6-5-7-11(12)15-14(24-3)10-9-13-17(15)18(16)19(22)21(13)2/h5-10H,4H2,1-3H3. The summed E-state index contributed by atoms with van der Waals surface area (Å²) < 4.78 is 10.8. The molecule has 0 radical (unpaired) electrons. The zero-order chi connectivity index (χ0) is 17.7. The Kier molecular flexibility index (Phi) is 3.39. The maximum atomic E-state index is 12.9. The second-order valence-electron chi connectivity index (χ2n) is 5.92. The van der Waals surface area contributed by atoms with Crippen molar-refractivity contribution in [2.75, 3.05) is 25.7 Å². The van der Waals surface area contributed by atoms with Crippen molar-refractivity contribution in [3.63, 3.8) is 0 Å². The van der Waals surface area contributed by atoms with Crippen LogP contribution in [0, 0.1) is 0 Å². The number of anilines is 1. The van der Waals surface area contributed by atoms with E-state index < -0.39 is 5.97 Å². The summed E-state index contributed by atoms with van der Waals surface area (Å²) in [6.07, 6.45) is 0. The monoisotopic (exact) mass is 335 g/mol. The molecule has 0 bridgehead atoms. The van der Waals surface area contributed by atoms with Gasteiger partial charge in [0.05, 0.1) is 30.5 Å². The molecule has 126 valence electrons. The molecule has 0 unspecified atom stereocenters. The van der Waals surface area contributed by atoms with Crippen LogP contribution >= 0.6 is 0 Å². The third kappa shape index (κ3) is 1.95. The number of fused-ring (bicyclic) bond motifs is 2. The highest BCUT2D eigenvalue weighted by atomic mass is 16.5.